The van der Waals surface area contributed by atoms with Gasteiger partial charge in [-0.25, -0.2) is 4.39 Å². The Hall–Kier alpha value is -1.09. The van der Waals surface area contributed by atoms with Crippen LogP contribution in [0.3, 0.4) is 0 Å². The summed E-state index contributed by atoms with van der Waals surface area (Å²) in [4.78, 5) is 0. The molecule has 1 aromatic carbocycles. The summed E-state index contributed by atoms with van der Waals surface area (Å²) in [5, 5.41) is 0. The lowest BCUT2D eigenvalue weighted by molar-refractivity contribution is 0.232. The van der Waals surface area contributed by atoms with Crippen molar-refractivity contribution >= 4 is 0 Å². The number of rotatable bonds is 4. The highest BCUT2D eigenvalue weighted by Gasteiger charge is 2.15. The van der Waals surface area contributed by atoms with Gasteiger partial charge in [0.25, 0.3) is 0 Å². The summed E-state index contributed by atoms with van der Waals surface area (Å²) >= 11 is 0. The maximum absolute atomic E-state index is 13.6. The van der Waals surface area contributed by atoms with Gasteiger partial charge in [0.05, 0.1) is 6.61 Å². The fourth-order valence-corrected chi connectivity index (χ4v) is 1.50. The van der Waals surface area contributed by atoms with Crippen molar-refractivity contribution < 1.29 is 9.13 Å². The molecule has 2 nitrogen and oxygen atoms in total. The van der Waals surface area contributed by atoms with Gasteiger partial charge in [-0.05, 0) is 24.8 Å². The Labute approximate surface area is 103 Å². The van der Waals surface area contributed by atoms with E-state index in [-0.39, 0.29) is 17.3 Å². The molecule has 0 aromatic heterocycles. The zero-order valence-corrected chi connectivity index (χ0v) is 11.1. The summed E-state index contributed by atoms with van der Waals surface area (Å²) in [6.07, 6.45) is 0.875. The molecule has 0 spiro atoms. The molecule has 0 aliphatic carbocycles. The van der Waals surface area contributed by atoms with Gasteiger partial charge in [-0.15, -0.1) is 0 Å². The second-order valence-corrected chi connectivity index (χ2v) is 5.61. The quantitative estimate of drug-likeness (QED) is 0.870. The molecule has 2 N–H and O–H groups in total. The molecular formula is C14H22FNO. The molecule has 1 atom stereocenters. The number of halogens is 1. The van der Waals surface area contributed by atoms with E-state index in [4.69, 9.17) is 10.5 Å². The van der Waals surface area contributed by atoms with Crippen LogP contribution < -0.4 is 10.5 Å². The molecule has 0 saturated heterocycles. The van der Waals surface area contributed by atoms with Gasteiger partial charge in [-0.2, -0.15) is 0 Å². The number of nitrogens with two attached hydrogens (primary N) is 1. The fraction of sp³-hybridized carbons (Fsp3) is 0.571. The predicted octanol–water partition coefficient (Wildman–Crippen LogP) is 3.66. The third kappa shape index (κ3) is 4.35. The molecule has 1 aromatic rings. The minimum atomic E-state index is -0.339. The van der Waals surface area contributed by atoms with Crippen molar-refractivity contribution in [2.45, 2.75) is 40.2 Å². The van der Waals surface area contributed by atoms with E-state index in [0.717, 1.165) is 12.0 Å². The average molecular weight is 239 g/mol. The van der Waals surface area contributed by atoms with E-state index in [0.29, 0.717) is 12.4 Å². The maximum Gasteiger partial charge on any atom is 0.165 e. The second kappa shape index (κ2) is 5.50. The average Bonchev–Trinajstić information content (AvgIpc) is 2.18. The highest BCUT2D eigenvalue weighted by Crippen LogP contribution is 2.28. The number of hydrogen-bond donors (Lipinski definition) is 1. The summed E-state index contributed by atoms with van der Waals surface area (Å²) in [6.45, 7) is 8.72. The highest BCUT2D eigenvalue weighted by molar-refractivity contribution is 5.36. The fourth-order valence-electron chi connectivity index (χ4n) is 1.50. The molecule has 0 saturated carbocycles. The third-order valence-electron chi connectivity index (χ3n) is 2.59. The number of para-hydroxylation sites is 1. The Morgan fingerprint density at radius 3 is 2.53 bits per heavy atom. The molecule has 0 bridgehead atoms. The molecule has 0 radical (unpaired) electrons. The molecular weight excluding hydrogens is 217 g/mol. The van der Waals surface area contributed by atoms with Crippen molar-refractivity contribution in [3.8, 4) is 5.75 Å². The van der Waals surface area contributed by atoms with E-state index in [1.54, 1.807) is 12.1 Å². The van der Waals surface area contributed by atoms with Crippen molar-refractivity contribution in [2.75, 3.05) is 6.61 Å². The molecule has 1 rings (SSSR count). The van der Waals surface area contributed by atoms with Crippen LogP contribution >= 0.6 is 0 Å². The van der Waals surface area contributed by atoms with Crippen LogP contribution in [0.25, 0.3) is 0 Å². The molecule has 0 heterocycles. The van der Waals surface area contributed by atoms with Crippen LogP contribution in [-0.2, 0) is 0 Å². The van der Waals surface area contributed by atoms with Crippen LogP contribution in [0.4, 0.5) is 4.39 Å². The van der Waals surface area contributed by atoms with Gasteiger partial charge in [0.15, 0.2) is 11.6 Å². The van der Waals surface area contributed by atoms with Crippen molar-refractivity contribution in [3.05, 3.63) is 29.6 Å². The van der Waals surface area contributed by atoms with Crippen LogP contribution in [0.1, 0.15) is 45.7 Å². The Balaban J connectivity index is 2.76. The van der Waals surface area contributed by atoms with Crippen LogP contribution in [0.5, 0.6) is 5.75 Å². The summed E-state index contributed by atoms with van der Waals surface area (Å²) < 4.78 is 19.2. The smallest absolute Gasteiger partial charge is 0.165 e. The molecule has 0 amide bonds. The lowest BCUT2D eigenvalue weighted by Gasteiger charge is -2.20. The largest absolute Gasteiger partial charge is 0.490 e. The summed E-state index contributed by atoms with van der Waals surface area (Å²) in [5.41, 5.74) is 6.70. The van der Waals surface area contributed by atoms with E-state index in [1.165, 1.54) is 6.07 Å². The Morgan fingerprint density at radius 1 is 1.35 bits per heavy atom. The van der Waals surface area contributed by atoms with Gasteiger partial charge < -0.3 is 10.5 Å². The molecule has 96 valence electrons. The molecule has 0 aliphatic heterocycles. The van der Waals surface area contributed by atoms with Crippen LogP contribution in [0, 0.1) is 11.2 Å². The van der Waals surface area contributed by atoms with E-state index in [9.17, 15) is 4.39 Å². The van der Waals surface area contributed by atoms with Crippen LogP contribution in [0.2, 0.25) is 0 Å². The minimum absolute atomic E-state index is 0.180. The highest BCUT2D eigenvalue weighted by atomic mass is 19.1. The van der Waals surface area contributed by atoms with Gasteiger partial charge in [-0.3, -0.25) is 0 Å². The van der Waals surface area contributed by atoms with Crippen LogP contribution in [-0.4, -0.2) is 6.61 Å². The second-order valence-electron chi connectivity index (χ2n) is 5.61. The zero-order valence-electron chi connectivity index (χ0n) is 11.1. The lowest BCUT2D eigenvalue weighted by Crippen LogP contribution is -2.14. The Kier molecular flexibility index (Phi) is 4.52. The van der Waals surface area contributed by atoms with E-state index < -0.39 is 0 Å². The predicted molar refractivity (Wildman–Crippen MR) is 68.6 cm³/mol. The summed E-state index contributed by atoms with van der Waals surface area (Å²) in [7, 11) is 0. The first kappa shape index (κ1) is 14.0. The number of ether oxygens (including phenoxy) is 1. The molecule has 0 fully saturated rings. The standard InChI is InChI=1S/C14H22FNO/c1-10(16)11-6-5-7-12(15)13(11)17-9-8-14(2,3)4/h5-7,10H,8-9,16H2,1-4H3. The lowest BCUT2D eigenvalue weighted by atomic mass is 9.93. The maximum atomic E-state index is 13.6. The van der Waals surface area contributed by atoms with E-state index in [2.05, 4.69) is 20.8 Å². The first-order valence-electron chi connectivity index (χ1n) is 5.98. The van der Waals surface area contributed by atoms with E-state index >= 15 is 0 Å². The molecule has 0 aliphatic rings. The summed E-state index contributed by atoms with van der Waals surface area (Å²) in [6, 6.07) is 4.64. The third-order valence-corrected chi connectivity index (χ3v) is 2.59. The first-order chi connectivity index (χ1) is 7.81. The van der Waals surface area contributed by atoms with Crippen molar-refractivity contribution in [2.24, 2.45) is 11.1 Å². The van der Waals surface area contributed by atoms with Crippen molar-refractivity contribution in [1.29, 1.82) is 0 Å². The first-order valence-corrected chi connectivity index (χ1v) is 5.98. The number of hydrogen-bond acceptors (Lipinski definition) is 2. The van der Waals surface area contributed by atoms with Gasteiger partial charge in [0.1, 0.15) is 0 Å². The van der Waals surface area contributed by atoms with E-state index in [1.807, 2.05) is 6.92 Å². The van der Waals surface area contributed by atoms with Crippen molar-refractivity contribution in [3.63, 3.8) is 0 Å². The Morgan fingerprint density at radius 2 is 2.00 bits per heavy atom. The topological polar surface area (TPSA) is 35.2 Å². The Bertz CT molecular complexity index is 369. The summed E-state index contributed by atoms with van der Waals surface area (Å²) in [5.74, 6) is -0.0412. The number of benzene rings is 1. The zero-order chi connectivity index (χ0) is 13.1. The van der Waals surface area contributed by atoms with Gasteiger partial charge in [0.2, 0.25) is 0 Å². The van der Waals surface area contributed by atoms with Gasteiger partial charge in [-0.1, -0.05) is 32.9 Å². The van der Waals surface area contributed by atoms with Crippen molar-refractivity contribution in [1.82, 2.24) is 0 Å². The minimum Gasteiger partial charge on any atom is -0.490 e. The molecule has 1 unspecified atom stereocenters. The van der Waals surface area contributed by atoms with Crippen LogP contribution in [0.15, 0.2) is 18.2 Å². The van der Waals surface area contributed by atoms with Gasteiger partial charge in [0, 0.05) is 11.6 Å². The van der Waals surface area contributed by atoms with Gasteiger partial charge >= 0.3 is 0 Å². The normalized spacial score (nSPS) is 13.5. The molecule has 3 heteroatoms. The SMILES string of the molecule is CC(N)c1cccc(F)c1OCCC(C)(C)C. The monoisotopic (exact) mass is 239 g/mol. The molecule has 17 heavy (non-hydrogen) atoms.